The van der Waals surface area contributed by atoms with E-state index in [-0.39, 0.29) is 10.6 Å². The van der Waals surface area contributed by atoms with Crippen LogP contribution in [-0.4, -0.2) is 30.5 Å². The zero-order chi connectivity index (χ0) is 14.6. The molecule has 2 atom stereocenters. The second-order valence-electron chi connectivity index (χ2n) is 4.00. The zero-order valence-corrected chi connectivity index (χ0v) is 11.2. The molecule has 0 spiro atoms. The first kappa shape index (κ1) is 15.1. The molecule has 0 aliphatic carbocycles. The van der Waals surface area contributed by atoms with Gasteiger partial charge in [-0.15, -0.1) is 0 Å². The Labute approximate surface area is 110 Å². The molecule has 0 saturated carbocycles. The van der Waals surface area contributed by atoms with Crippen molar-refractivity contribution in [3.8, 4) is 6.07 Å². The molecule has 1 aromatic heterocycles. The lowest BCUT2D eigenvalue weighted by atomic mass is 10.1. The van der Waals surface area contributed by atoms with Gasteiger partial charge in [-0.25, -0.2) is 18.1 Å². The molecule has 2 unspecified atom stereocenters. The van der Waals surface area contributed by atoms with E-state index in [0.717, 1.165) is 0 Å². The first-order valence-electron chi connectivity index (χ1n) is 5.40. The Morgan fingerprint density at radius 2 is 2.16 bits per heavy atom. The molecule has 0 bridgehead atoms. The van der Waals surface area contributed by atoms with Gasteiger partial charge in [0.05, 0.1) is 5.92 Å². The molecule has 2 N–H and O–H groups in total. The lowest BCUT2D eigenvalue weighted by molar-refractivity contribution is -0.141. The molecule has 0 aromatic carbocycles. The van der Waals surface area contributed by atoms with Gasteiger partial charge in [-0.3, -0.25) is 4.79 Å². The number of nitrogens with zero attached hydrogens (tertiary/aromatic N) is 2. The molecule has 0 aliphatic rings. The predicted molar refractivity (Wildman–Crippen MR) is 65.5 cm³/mol. The topological polar surface area (TPSA) is 120 Å². The summed E-state index contributed by atoms with van der Waals surface area (Å²) in [5, 5.41) is 17.6. The molecule has 1 rings (SSSR count). The number of sulfonamides is 1. The Morgan fingerprint density at radius 1 is 1.53 bits per heavy atom. The number of nitriles is 1. The van der Waals surface area contributed by atoms with Crippen LogP contribution in [0.4, 0.5) is 0 Å². The van der Waals surface area contributed by atoms with E-state index in [1.165, 1.54) is 32.2 Å². The van der Waals surface area contributed by atoms with Gasteiger partial charge >= 0.3 is 5.97 Å². The van der Waals surface area contributed by atoms with Gasteiger partial charge in [0.15, 0.2) is 5.69 Å². The fraction of sp³-hybridized carbons (Fsp3) is 0.364. The monoisotopic (exact) mass is 283 g/mol. The lowest BCUT2D eigenvalue weighted by Crippen LogP contribution is -2.40. The van der Waals surface area contributed by atoms with Crippen LogP contribution >= 0.6 is 0 Å². The van der Waals surface area contributed by atoms with E-state index in [0.29, 0.717) is 0 Å². The fourth-order valence-electron chi connectivity index (χ4n) is 1.32. The van der Waals surface area contributed by atoms with E-state index < -0.39 is 28.0 Å². The Kier molecular flexibility index (Phi) is 4.58. The third-order valence-electron chi connectivity index (χ3n) is 2.65. The van der Waals surface area contributed by atoms with Gasteiger partial charge in [-0.05, 0) is 19.1 Å². The van der Waals surface area contributed by atoms with Gasteiger partial charge in [0.25, 0.3) is 0 Å². The van der Waals surface area contributed by atoms with Crippen LogP contribution < -0.4 is 4.72 Å². The highest BCUT2D eigenvalue weighted by atomic mass is 32.2. The van der Waals surface area contributed by atoms with Crippen LogP contribution in [0.2, 0.25) is 0 Å². The molecule has 0 aliphatic heterocycles. The van der Waals surface area contributed by atoms with Crippen molar-refractivity contribution in [1.29, 1.82) is 5.26 Å². The number of hydrogen-bond donors (Lipinski definition) is 2. The third kappa shape index (κ3) is 3.49. The summed E-state index contributed by atoms with van der Waals surface area (Å²) in [6, 6.07) is 3.50. The minimum Gasteiger partial charge on any atom is -0.481 e. The second kappa shape index (κ2) is 5.77. The van der Waals surface area contributed by atoms with Gasteiger partial charge < -0.3 is 5.11 Å². The largest absolute Gasteiger partial charge is 0.481 e. The van der Waals surface area contributed by atoms with E-state index in [2.05, 4.69) is 9.71 Å². The van der Waals surface area contributed by atoms with Crippen LogP contribution in [0.15, 0.2) is 23.2 Å². The van der Waals surface area contributed by atoms with Crippen LogP contribution in [0.3, 0.4) is 0 Å². The summed E-state index contributed by atoms with van der Waals surface area (Å²) in [6.07, 6.45) is 1.31. The van der Waals surface area contributed by atoms with Gasteiger partial charge in [-0.1, -0.05) is 6.92 Å². The maximum atomic E-state index is 12.1. The quantitative estimate of drug-likeness (QED) is 0.804. The summed E-state index contributed by atoms with van der Waals surface area (Å²) in [7, 11) is -3.98. The van der Waals surface area contributed by atoms with Crippen molar-refractivity contribution in [2.45, 2.75) is 24.8 Å². The Hall–Kier alpha value is -1.98. The Morgan fingerprint density at radius 3 is 2.68 bits per heavy atom. The van der Waals surface area contributed by atoms with Crippen LogP contribution in [0.25, 0.3) is 0 Å². The molecule has 0 radical (unpaired) electrons. The number of carboxylic acids is 1. The molecule has 8 heteroatoms. The van der Waals surface area contributed by atoms with Crippen LogP contribution in [0, 0.1) is 17.2 Å². The SMILES string of the molecule is CC(NS(=O)(=O)c1cccnc1C#N)C(C)C(=O)O. The standard InChI is InChI=1S/C11H13N3O4S/c1-7(11(15)16)8(2)14-19(17,18)10-4-3-5-13-9(10)6-12/h3-5,7-8,14H,1-2H3,(H,15,16). The summed E-state index contributed by atoms with van der Waals surface area (Å²) in [4.78, 5) is 14.2. The van der Waals surface area contributed by atoms with E-state index in [9.17, 15) is 13.2 Å². The molecule has 1 aromatic rings. The van der Waals surface area contributed by atoms with Crippen molar-refractivity contribution in [2.75, 3.05) is 0 Å². The maximum Gasteiger partial charge on any atom is 0.307 e. The molecular formula is C11H13N3O4S. The first-order valence-corrected chi connectivity index (χ1v) is 6.88. The number of aromatic nitrogens is 1. The summed E-state index contributed by atoms with van der Waals surface area (Å²) in [5.41, 5.74) is -0.231. The molecule has 1 heterocycles. The normalized spacial score (nSPS) is 14.4. The summed E-state index contributed by atoms with van der Waals surface area (Å²) < 4.78 is 26.3. The van der Waals surface area contributed by atoms with E-state index in [1.54, 1.807) is 6.07 Å². The molecule has 0 amide bonds. The molecule has 0 fully saturated rings. The van der Waals surface area contributed by atoms with Crippen molar-refractivity contribution >= 4 is 16.0 Å². The van der Waals surface area contributed by atoms with E-state index >= 15 is 0 Å². The van der Waals surface area contributed by atoms with Crippen LogP contribution in [0.1, 0.15) is 19.5 Å². The highest BCUT2D eigenvalue weighted by molar-refractivity contribution is 7.89. The molecule has 7 nitrogen and oxygen atoms in total. The van der Waals surface area contributed by atoms with Gasteiger partial charge in [0, 0.05) is 12.2 Å². The molecule has 19 heavy (non-hydrogen) atoms. The minimum absolute atomic E-state index is 0.231. The summed E-state index contributed by atoms with van der Waals surface area (Å²) in [6.45, 7) is 2.84. The molecule has 0 saturated heterocycles. The van der Waals surface area contributed by atoms with Gasteiger partial charge in [0.1, 0.15) is 11.0 Å². The molecular weight excluding hydrogens is 270 g/mol. The van der Waals surface area contributed by atoms with Crippen LogP contribution in [-0.2, 0) is 14.8 Å². The lowest BCUT2D eigenvalue weighted by Gasteiger charge is -2.17. The van der Waals surface area contributed by atoms with Crippen molar-refractivity contribution < 1.29 is 18.3 Å². The van der Waals surface area contributed by atoms with Crippen molar-refractivity contribution in [2.24, 2.45) is 5.92 Å². The summed E-state index contributed by atoms with van der Waals surface area (Å²) >= 11 is 0. The smallest absolute Gasteiger partial charge is 0.307 e. The third-order valence-corrected chi connectivity index (χ3v) is 4.24. The average molecular weight is 283 g/mol. The number of aliphatic carboxylic acids is 1. The maximum absolute atomic E-state index is 12.1. The molecule has 102 valence electrons. The second-order valence-corrected chi connectivity index (χ2v) is 5.68. The number of nitrogens with one attached hydrogen (secondary N) is 1. The number of pyridine rings is 1. The highest BCUT2D eigenvalue weighted by Gasteiger charge is 2.27. The number of carboxylic acid groups (broad SMARTS) is 1. The van der Waals surface area contributed by atoms with Gasteiger partial charge in [0.2, 0.25) is 10.0 Å². The Bertz CT molecular complexity index is 621. The predicted octanol–water partition coefficient (Wildman–Crippen LogP) is 0.341. The van der Waals surface area contributed by atoms with Crippen molar-refractivity contribution in [1.82, 2.24) is 9.71 Å². The number of hydrogen-bond acceptors (Lipinski definition) is 5. The number of rotatable bonds is 5. The summed E-state index contributed by atoms with van der Waals surface area (Å²) in [5.74, 6) is -2.00. The van der Waals surface area contributed by atoms with Crippen LogP contribution in [0.5, 0.6) is 0 Å². The van der Waals surface area contributed by atoms with Crippen molar-refractivity contribution in [3.63, 3.8) is 0 Å². The van der Waals surface area contributed by atoms with Gasteiger partial charge in [-0.2, -0.15) is 5.26 Å². The fourth-order valence-corrected chi connectivity index (χ4v) is 2.75. The van der Waals surface area contributed by atoms with E-state index in [4.69, 9.17) is 10.4 Å². The number of carbonyl (C=O) groups is 1. The Balaban J connectivity index is 3.06. The van der Waals surface area contributed by atoms with E-state index in [1.807, 2.05) is 0 Å². The van der Waals surface area contributed by atoms with Crippen molar-refractivity contribution in [3.05, 3.63) is 24.0 Å². The zero-order valence-electron chi connectivity index (χ0n) is 10.4. The minimum atomic E-state index is -3.98. The highest BCUT2D eigenvalue weighted by Crippen LogP contribution is 2.14. The first-order chi connectivity index (χ1) is 8.79. The average Bonchev–Trinajstić information content (AvgIpc) is 2.37.